The summed E-state index contributed by atoms with van der Waals surface area (Å²) in [7, 11) is 3.17. The number of benzene rings is 1. The minimum atomic E-state index is -0.360. The van der Waals surface area contributed by atoms with Crippen molar-refractivity contribution in [3.63, 3.8) is 0 Å². The van der Waals surface area contributed by atoms with E-state index in [1.807, 2.05) is 11.3 Å². The summed E-state index contributed by atoms with van der Waals surface area (Å²) in [6, 6.07) is 8.64. The Kier molecular flexibility index (Phi) is 4.21. The number of hydrogen-bond acceptors (Lipinski definition) is 4. The molecule has 0 spiro atoms. The predicted octanol–water partition coefficient (Wildman–Crippen LogP) is 1.36. The molecule has 0 saturated heterocycles. The quantitative estimate of drug-likeness (QED) is 0.515. The fraction of sp³-hybridized carbons (Fsp3) is 0.409. The summed E-state index contributed by atoms with van der Waals surface area (Å²) in [5.41, 5.74) is 5.14. The van der Waals surface area contributed by atoms with Gasteiger partial charge in [-0.3, -0.25) is 23.2 Å². The van der Waals surface area contributed by atoms with E-state index in [0.717, 1.165) is 54.3 Å². The zero-order chi connectivity index (χ0) is 21.2. The third-order valence-electron chi connectivity index (χ3n) is 6.59. The van der Waals surface area contributed by atoms with Crippen LogP contribution >= 0.6 is 0 Å². The molecule has 0 unspecified atom stereocenters. The zero-order valence-corrected chi connectivity index (χ0v) is 17.8. The van der Waals surface area contributed by atoms with Crippen LogP contribution in [0.2, 0.25) is 0 Å². The number of nitrogens with zero attached hydrogens (tertiary/aromatic N) is 6. The van der Waals surface area contributed by atoms with Crippen molar-refractivity contribution in [2.24, 2.45) is 14.1 Å². The van der Waals surface area contributed by atoms with Crippen LogP contribution in [0, 0.1) is 13.8 Å². The first kappa shape index (κ1) is 18.9. The van der Waals surface area contributed by atoms with Crippen molar-refractivity contribution >= 4 is 16.9 Å². The number of rotatable bonds is 3. The number of hydrogen-bond donors (Lipinski definition) is 0. The Morgan fingerprint density at radius 1 is 0.967 bits per heavy atom. The van der Waals surface area contributed by atoms with E-state index >= 15 is 0 Å². The van der Waals surface area contributed by atoms with Gasteiger partial charge in [-0.15, -0.1) is 0 Å². The number of fused-ring (bicyclic) bond motifs is 4. The maximum Gasteiger partial charge on any atom is 0.332 e. The van der Waals surface area contributed by atoms with Gasteiger partial charge in [0.1, 0.15) is 0 Å². The predicted molar refractivity (Wildman–Crippen MR) is 116 cm³/mol. The molecule has 5 rings (SSSR count). The van der Waals surface area contributed by atoms with Crippen LogP contribution in [0.1, 0.15) is 22.5 Å². The Balaban J connectivity index is 1.55. The van der Waals surface area contributed by atoms with E-state index in [1.54, 1.807) is 7.05 Å². The van der Waals surface area contributed by atoms with Crippen LogP contribution in [-0.4, -0.2) is 41.1 Å². The van der Waals surface area contributed by atoms with Crippen LogP contribution < -0.4 is 11.2 Å². The van der Waals surface area contributed by atoms with Gasteiger partial charge in [-0.1, -0.05) is 24.3 Å². The van der Waals surface area contributed by atoms with Crippen molar-refractivity contribution in [3.8, 4) is 0 Å². The van der Waals surface area contributed by atoms with Gasteiger partial charge in [-0.2, -0.15) is 4.98 Å². The molecular weight excluding hydrogens is 380 g/mol. The van der Waals surface area contributed by atoms with Crippen LogP contribution in [-0.2, 0) is 33.6 Å². The van der Waals surface area contributed by atoms with Gasteiger partial charge >= 0.3 is 5.69 Å². The highest BCUT2D eigenvalue weighted by molar-refractivity contribution is 5.76. The second-order valence-electron chi connectivity index (χ2n) is 8.24. The lowest BCUT2D eigenvalue weighted by Gasteiger charge is -2.28. The lowest BCUT2D eigenvalue weighted by atomic mass is 10.00. The molecule has 0 radical (unpaired) electrons. The molecular formula is C22H26N6O2. The minimum absolute atomic E-state index is 0.312. The van der Waals surface area contributed by atoms with Gasteiger partial charge in [-0.05, 0) is 31.4 Å². The molecule has 30 heavy (non-hydrogen) atoms. The van der Waals surface area contributed by atoms with Crippen molar-refractivity contribution in [2.75, 3.05) is 13.1 Å². The number of aromatic nitrogens is 5. The molecule has 156 valence electrons. The molecule has 4 aromatic rings. The summed E-state index contributed by atoms with van der Waals surface area (Å²) in [4.78, 5) is 32.4. The van der Waals surface area contributed by atoms with Gasteiger partial charge in [0, 0.05) is 51.7 Å². The van der Waals surface area contributed by atoms with Gasteiger partial charge in [0.25, 0.3) is 5.56 Å². The summed E-state index contributed by atoms with van der Waals surface area (Å²) in [5, 5.41) is 0. The van der Waals surface area contributed by atoms with E-state index in [4.69, 9.17) is 4.98 Å². The minimum Gasteiger partial charge on any atom is -0.313 e. The zero-order valence-electron chi connectivity index (χ0n) is 17.8. The fourth-order valence-corrected chi connectivity index (χ4v) is 4.64. The first-order valence-electron chi connectivity index (χ1n) is 10.3. The topological polar surface area (TPSA) is 69.5 Å². The Morgan fingerprint density at radius 3 is 2.47 bits per heavy atom. The van der Waals surface area contributed by atoms with Crippen LogP contribution in [0.25, 0.3) is 16.9 Å². The van der Waals surface area contributed by atoms with E-state index < -0.39 is 0 Å². The normalized spacial score (nSPS) is 14.7. The monoisotopic (exact) mass is 406 g/mol. The van der Waals surface area contributed by atoms with Gasteiger partial charge in [0.2, 0.25) is 5.78 Å². The van der Waals surface area contributed by atoms with Crippen LogP contribution in [0.5, 0.6) is 0 Å². The van der Waals surface area contributed by atoms with Crippen molar-refractivity contribution in [1.82, 2.24) is 28.0 Å². The van der Waals surface area contributed by atoms with E-state index in [9.17, 15) is 9.59 Å². The van der Waals surface area contributed by atoms with Crippen molar-refractivity contribution < 1.29 is 0 Å². The maximum absolute atomic E-state index is 12.8. The van der Waals surface area contributed by atoms with E-state index in [1.165, 1.54) is 22.7 Å². The molecule has 8 nitrogen and oxygen atoms in total. The lowest BCUT2D eigenvalue weighted by molar-refractivity contribution is 0.244. The summed E-state index contributed by atoms with van der Waals surface area (Å²) >= 11 is 0. The third-order valence-corrected chi connectivity index (χ3v) is 6.59. The molecule has 0 fully saturated rings. The molecule has 1 aliphatic heterocycles. The fourth-order valence-electron chi connectivity index (χ4n) is 4.64. The summed E-state index contributed by atoms with van der Waals surface area (Å²) < 4.78 is 6.66. The molecule has 8 heteroatoms. The van der Waals surface area contributed by atoms with Gasteiger partial charge < -0.3 is 4.57 Å². The molecule has 1 aliphatic rings. The van der Waals surface area contributed by atoms with Crippen LogP contribution in [0.3, 0.4) is 0 Å². The molecule has 0 aliphatic carbocycles. The average molecular weight is 406 g/mol. The largest absolute Gasteiger partial charge is 0.332 e. The Hall–Kier alpha value is -3.13. The molecule has 0 bridgehead atoms. The molecule has 0 N–H and O–H groups in total. The van der Waals surface area contributed by atoms with Gasteiger partial charge in [0.05, 0.1) is 0 Å². The molecule has 0 saturated carbocycles. The maximum atomic E-state index is 12.8. The van der Waals surface area contributed by atoms with E-state index in [2.05, 4.69) is 40.7 Å². The SMILES string of the molecule is Cc1c(C)n2c3c(=O)n(C)c(=O)n(C)c3nc2n1CCN1CCc2ccccc2C1. The van der Waals surface area contributed by atoms with E-state index in [-0.39, 0.29) is 11.2 Å². The van der Waals surface area contributed by atoms with E-state index in [0.29, 0.717) is 11.2 Å². The molecule has 0 amide bonds. The average Bonchev–Trinajstić information content (AvgIpc) is 3.25. The van der Waals surface area contributed by atoms with Crippen LogP contribution in [0.4, 0.5) is 0 Å². The molecule has 3 aromatic heterocycles. The van der Waals surface area contributed by atoms with Crippen molar-refractivity contribution in [2.45, 2.75) is 33.4 Å². The smallest absolute Gasteiger partial charge is 0.313 e. The second kappa shape index (κ2) is 6.70. The highest BCUT2D eigenvalue weighted by Gasteiger charge is 2.22. The molecule has 4 heterocycles. The Bertz CT molecular complexity index is 1420. The first-order chi connectivity index (χ1) is 14.4. The van der Waals surface area contributed by atoms with Crippen molar-refractivity contribution in [1.29, 1.82) is 0 Å². The molecule has 0 atom stereocenters. The summed E-state index contributed by atoms with van der Waals surface area (Å²) in [5.74, 6) is 0.718. The lowest BCUT2D eigenvalue weighted by Crippen LogP contribution is -2.37. The van der Waals surface area contributed by atoms with Gasteiger partial charge in [-0.25, -0.2) is 4.79 Å². The third kappa shape index (κ3) is 2.60. The summed E-state index contributed by atoms with van der Waals surface area (Å²) in [6.07, 6.45) is 1.07. The molecule has 1 aromatic carbocycles. The summed E-state index contributed by atoms with van der Waals surface area (Å²) in [6.45, 7) is 7.74. The number of imidazole rings is 2. The highest BCUT2D eigenvalue weighted by Crippen LogP contribution is 2.22. The second-order valence-corrected chi connectivity index (χ2v) is 8.24. The van der Waals surface area contributed by atoms with Crippen LogP contribution in [0.15, 0.2) is 33.9 Å². The standard InChI is InChI=1S/C22H26N6O2/c1-14-15(2)28-18-19(24(3)22(30)25(4)20(18)29)23-21(28)27(14)12-11-26-10-9-16-7-5-6-8-17(16)13-26/h5-8H,9-13H2,1-4H3. The first-order valence-corrected chi connectivity index (χ1v) is 10.3. The van der Waals surface area contributed by atoms with Gasteiger partial charge in [0.15, 0.2) is 11.2 Å². The Morgan fingerprint density at radius 2 is 1.70 bits per heavy atom. The number of aryl methyl sites for hydroxylation is 2. The Labute approximate surface area is 173 Å². The highest BCUT2D eigenvalue weighted by atomic mass is 16.2. The van der Waals surface area contributed by atoms with Crippen molar-refractivity contribution in [3.05, 3.63) is 67.6 Å².